The molecule has 8 heteroatoms. The number of hydrogen-bond acceptors (Lipinski definition) is 5. The van der Waals surface area contributed by atoms with Crippen molar-refractivity contribution in [3.05, 3.63) is 107 Å². The smallest absolute Gasteiger partial charge is 0.388 e. The van der Waals surface area contributed by atoms with Crippen molar-refractivity contribution in [2.45, 2.75) is 56.7 Å². The molecule has 0 spiro atoms. The predicted octanol–water partition coefficient (Wildman–Crippen LogP) is 5.54. The third-order valence-electron chi connectivity index (χ3n) is 8.23. The SMILES string of the molecule is CC(C)(COP(=O)(O)O)c1ccc(C(O)CCCN2CCC(C(O)(c3ccccc3)c3ccccc3)CC2)cc1. The van der Waals surface area contributed by atoms with Crippen LogP contribution >= 0.6 is 7.82 Å². The molecule has 1 fully saturated rings. The molecule has 3 aromatic carbocycles. The Morgan fingerprint density at radius 3 is 1.90 bits per heavy atom. The number of piperidine rings is 1. The van der Waals surface area contributed by atoms with Crippen LogP contribution < -0.4 is 0 Å². The van der Waals surface area contributed by atoms with Crippen molar-refractivity contribution in [1.82, 2.24) is 4.90 Å². The van der Waals surface area contributed by atoms with E-state index in [0.29, 0.717) is 6.42 Å². The lowest BCUT2D eigenvalue weighted by Gasteiger charge is -2.42. The topological polar surface area (TPSA) is 110 Å². The van der Waals surface area contributed by atoms with E-state index in [1.54, 1.807) is 0 Å². The summed E-state index contributed by atoms with van der Waals surface area (Å²) >= 11 is 0. The number of likely N-dealkylation sites (tertiary alicyclic amines) is 1. The first-order chi connectivity index (χ1) is 19.0. The summed E-state index contributed by atoms with van der Waals surface area (Å²) in [7, 11) is -4.53. The molecule has 216 valence electrons. The monoisotopic (exact) mass is 567 g/mol. The van der Waals surface area contributed by atoms with Gasteiger partial charge in [-0.1, -0.05) is 98.8 Å². The minimum Gasteiger partial charge on any atom is -0.388 e. The van der Waals surface area contributed by atoms with Gasteiger partial charge in [-0.05, 0) is 73.5 Å². The molecule has 1 atom stereocenters. The molecular formula is C32H42NO6P. The Balaban J connectivity index is 1.28. The molecule has 0 bridgehead atoms. The summed E-state index contributed by atoms with van der Waals surface area (Å²) in [5.41, 5.74) is 1.98. The molecule has 40 heavy (non-hydrogen) atoms. The molecule has 4 N–H and O–H groups in total. The first-order valence-corrected chi connectivity index (χ1v) is 15.6. The van der Waals surface area contributed by atoms with Crippen LogP contribution in [-0.2, 0) is 20.1 Å². The maximum absolute atomic E-state index is 12.1. The molecule has 1 aliphatic rings. The average Bonchev–Trinajstić information content (AvgIpc) is 2.97. The first kappa shape index (κ1) is 30.6. The Hall–Kier alpha value is -2.35. The lowest BCUT2D eigenvalue weighted by Crippen LogP contribution is -2.44. The highest BCUT2D eigenvalue weighted by molar-refractivity contribution is 7.46. The number of hydrogen-bond donors (Lipinski definition) is 4. The Morgan fingerprint density at radius 2 is 1.40 bits per heavy atom. The molecule has 0 saturated carbocycles. The molecule has 3 aromatic rings. The number of phosphoric ester groups is 1. The molecule has 0 amide bonds. The van der Waals surface area contributed by atoms with E-state index >= 15 is 0 Å². The highest BCUT2D eigenvalue weighted by atomic mass is 31.2. The molecule has 4 rings (SSSR count). The predicted molar refractivity (Wildman–Crippen MR) is 157 cm³/mol. The molecule has 1 heterocycles. The van der Waals surface area contributed by atoms with E-state index in [1.807, 2.05) is 98.8 Å². The van der Waals surface area contributed by atoms with E-state index in [2.05, 4.69) is 4.90 Å². The Bertz CT molecular complexity index is 1200. The summed E-state index contributed by atoms with van der Waals surface area (Å²) < 4.78 is 15.8. The number of aliphatic hydroxyl groups excluding tert-OH is 1. The minimum atomic E-state index is -4.53. The molecule has 1 aliphatic heterocycles. The van der Waals surface area contributed by atoms with Gasteiger partial charge < -0.3 is 24.9 Å². The summed E-state index contributed by atoms with van der Waals surface area (Å²) in [5.74, 6) is 0.119. The fraction of sp³-hybridized carbons (Fsp3) is 0.438. The van der Waals surface area contributed by atoms with Crippen LogP contribution in [0.5, 0.6) is 0 Å². The zero-order chi connectivity index (χ0) is 28.8. The van der Waals surface area contributed by atoms with Crippen LogP contribution in [0.15, 0.2) is 84.9 Å². The molecule has 1 unspecified atom stereocenters. The zero-order valence-electron chi connectivity index (χ0n) is 23.4. The van der Waals surface area contributed by atoms with Crippen molar-refractivity contribution >= 4 is 7.82 Å². The largest absolute Gasteiger partial charge is 0.469 e. The van der Waals surface area contributed by atoms with Crippen molar-refractivity contribution < 1.29 is 29.1 Å². The van der Waals surface area contributed by atoms with Gasteiger partial charge in [0.15, 0.2) is 0 Å². The van der Waals surface area contributed by atoms with Gasteiger partial charge in [0, 0.05) is 5.41 Å². The van der Waals surface area contributed by atoms with E-state index in [4.69, 9.17) is 14.3 Å². The van der Waals surface area contributed by atoms with E-state index < -0.39 is 24.9 Å². The van der Waals surface area contributed by atoms with Crippen molar-refractivity contribution in [3.8, 4) is 0 Å². The van der Waals surface area contributed by atoms with Crippen LogP contribution in [0, 0.1) is 5.92 Å². The number of nitrogens with zero attached hydrogens (tertiary/aromatic N) is 1. The quantitative estimate of drug-likeness (QED) is 0.213. The van der Waals surface area contributed by atoms with Crippen LogP contribution in [0.25, 0.3) is 0 Å². The van der Waals surface area contributed by atoms with Crippen molar-refractivity contribution in [2.24, 2.45) is 5.92 Å². The lowest BCUT2D eigenvalue weighted by atomic mass is 9.72. The van der Waals surface area contributed by atoms with Gasteiger partial charge in [0.1, 0.15) is 5.60 Å². The van der Waals surface area contributed by atoms with Crippen molar-refractivity contribution in [3.63, 3.8) is 0 Å². The first-order valence-electron chi connectivity index (χ1n) is 14.0. The van der Waals surface area contributed by atoms with Gasteiger partial charge in [0.2, 0.25) is 0 Å². The van der Waals surface area contributed by atoms with Crippen LogP contribution in [0.2, 0.25) is 0 Å². The van der Waals surface area contributed by atoms with Crippen molar-refractivity contribution in [2.75, 3.05) is 26.2 Å². The molecule has 0 radical (unpaired) electrons. The minimum absolute atomic E-state index is 0.107. The third-order valence-corrected chi connectivity index (χ3v) is 8.69. The van der Waals surface area contributed by atoms with Gasteiger partial charge in [0.25, 0.3) is 0 Å². The Morgan fingerprint density at radius 1 is 0.875 bits per heavy atom. The second-order valence-corrected chi connectivity index (χ2v) is 12.8. The summed E-state index contributed by atoms with van der Waals surface area (Å²) in [5, 5.41) is 22.9. The third kappa shape index (κ3) is 7.68. The van der Waals surface area contributed by atoms with Crippen LogP contribution in [0.3, 0.4) is 0 Å². The summed E-state index contributed by atoms with van der Waals surface area (Å²) in [6.45, 7) is 6.32. The average molecular weight is 568 g/mol. The Labute approximate surface area is 237 Å². The number of rotatable bonds is 12. The molecular weight excluding hydrogens is 525 g/mol. The van der Waals surface area contributed by atoms with E-state index in [-0.39, 0.29) is 12.5 Å². The number of benzene rings is 3. The number of phosphoric acid groups is 1. The molecule has 0 aliphatic carbocycles. The summed E-state index contributed by atoms with van der Waals surface area (Å²) in [6, 6.07) is 27.5. The fourth-order valence-corrected chi connectivity index (χ4v) is 6.25. The van der Waals surface area contributed by atoms with Crippen LogP contribution in [-0.4, -0.2) is 51.1 Å². The molecule has 1 saturated heterocycles. The summed E-state index contributed by atoms with van der Waals surface area (Å²) in [4.78, 5) is 20.4. The van der Waals surface area contributed by atoms with E-state index in [1.165, 1.54) is 0 Å². The number of aliphatic hydroxyl groups is 2. The van der Waals surface area contributed by atoms with E-state index in [9.17, 15) is 14.8 Å². The fourth-order valence-electron chi connectivity index (χ4n) is 5.76. The lowest BCUT2D eigenvalue weighted by molar-refractivity contribution is -0.0146. The molecule has 7 nitrogen and oxygen atoms in total. The highest BCUT2D eigenvalue weighted by Gasteiger charge is 2.41. The van der Waals surface area contributed by atoms with Gasteiger partial charge in [-0.3, -0.25) is 4.52 Å². The van der Waals surface area contributed by atoms with E-state index in [0.717, 1.165) is 61.2 Å². The van der Waals surface area contributed by atoms with Crippen LogP contribution in [0.1, 0.15) is 67.9 Å². The maximum Gasteiger partial charge on any atom is 0.469 e. The normalized spacial score (nSPS) is 16.6. The van der Waals surface area contributed by atoms with Gasteiger partial charge in [-0.25, -0.2) is 4.57 Å². The van der Waals surface area contributed by atoms with Gasteiger partial charge in [-0.15, -0.1) is 0 Å². The maximum atomic E-state index is 12.1. The van der Waals surface area contributed by atoms with Gasteiger partial charge in [0.05, 0.1) is 12.7 Å². The Kier molecular flexibility index (Phi) is 10.0. The second-order valence-electron chi connectivity index (χ2n) is 11.5. The van der Waals surface area contributed by atoms with Gasteiger partial charge in [-0.2, -0.15) is 0 Å². The highest BCUT2D eigenvalue weighted by Crippen LogP contribution is 2.42. The second kappa shape index (κ2) is 13.1. The molecule has 0 aromatic heterocycles. The van der Waals surface area contributed by atoms with Gasteiger partial charge >= 0.3 is 7.82 Å². The van der Waals surface area contributed by atoms with Crippen LogP contribution in [0.4, 0.5) is 0 Å². The standard InChI is InChI=1S/C32H42NO6P/c1-31(2,24-39-40(36,37)38)26-17-15-25(16-18-26)30(34)14-9-21-33-22-19-29(20-23-33)32(35,27-10-5-3-6-11-27)28-12-7-4-8-13-28/h3-8,10-13,15-18,29-30,34-35H,9,14,19-24H2,1-2H3,(H2,36,37,38). The zero-order valence-corrected chi connectivity index (χ0v) is 24.3. The summed E-state index contributed by atoms with van der Waals surface area (Å²) in [6.07, 6.45) is 2.71. The van der Waals surface area contributed by atoms with Crippen molar-refractivity contribution in [1.29, 1.82) is 0 Å².